The Balaban J connectivity index is 1.42. The Morgan fingerprint density at radius 2 is 1.62 bits per heavy atom. The Hall–Kier alpha value is -3.17. The van der Waals surface area contributed by atoms with Crippen molar-refractivity contribution in [3.05, 3.63) is 60.7 Å². The van der Waals surface area contributed by atoms with Crippen molar-refractivity contribution in [2.45, 2.75) is 11.8 Å². The molecule has 1 aromatic heterocycles. The molecule has 0 amide bonds. The van der Waals surface area contributed by atoms with Gasteiger partial charge in [0.1, 0.15) is 11.5 Å². The van der Waals surface area contributed by atoms with Crippen LogP contribution in [0.1, 0.15) is 6.92 Å². The van der Waals surface area contributed by atoms with E-state index in [1.807, 2.05) is 48.2 Å². The molecule has 0 saturated carbocycles. The fourth-order valence-corrected chi connectivity index (χ4v) is 5.10. The van der Waals surface area contributed by atoms with E-state index in [9.17, 15) is 8.42 Å². The van der Waals surface area contributed by atoms with Crippen LogP contribution >= 0.6 is 0 Å². The van der Waals surface area contributed by atoms with E-state index in [1.165, 1.54) is 4.31 Å². The van der Waals surface area contributed by atoms with Crippen LogP contribution in [-0.2, 0) is 10.0 Å². The Morgan fingerprint density at radius 1 is 0.906 bits per heavy atom. The van der Waals surface area contributed by atoms with Crippen LogP contribution in [0.3, 0.4) is 0 Å². The number of rotatable bonds is 7. The maximum atomic E-state index is 13.0. The highest BCUT2D eigenvalue weighted by Gasteiger charge is 2.29. The number of ether oxygens (including phenoxy) is 2. The van der Waals surface area contributed by atoms with Crippen molar-refractivity contribution in [2.24, 2.45) is 0 Å². The van der Waals surface area contributed by atoms with Gasteiger partial charge >= 0.3 is 0 Å². The van der Waals surface area contributed by atoms with Gasteiger partial charge in [-0.2, -0.15) is 4.31 Å². The predicted molar refractivity (Wildman–Crippen MR) is 123 cm³/mol. The van der Waals surface area contributed by atoms with E-state index in [-0.39, 0.29) is 4.90 Å². The van der Waals surface area contributed by atoms with Crippen molar-refractivity contribution in [3.8, 4) is 22.8 Å². The van der Waals surface area contributed by atoms with E-state index in [2.05, 4.69) is 10.2 Å². The molecular weight excluding hydrogens is 428 g/mol. The summed E-state index contributed by atoms with van der Waals surface area (Å²) in [5, 5.41) is 8.72. The van der Waals surface area contributed by atoms with Gasteiger partial charge in [-0.15, -0.1) is 10.2 Å². The maximum absolute atomic E-state index is 13.0. The summed E-state index contributed by atoms with van der Waals surface area (Å²) in [6, 6.07) is 18.0. The summed E-state index contributed by atoms with van der Waals surface area (Å²) in [5.74, 6) is 2.12. The Kier molecular flexibility index (Phi) is 6.57. The Labute approximate surface area is 188 Å². The second-order valence-corrected chi connectivity index (χ2v) is 9.21. The van der Waals surface area contributed by atoms with Crippen molar-refractivity contribution in [1.82, 2.24) is 14.5 Å². The van der Waals surface area contributed by atoms with Crippen LogP contribution in [0.25, 0.3) is 11.3 Å². The lowest BCUT2D eigenvalue weighted by Crippen LogP contribution is -2.48. The largest absolute Gasteiger partial charge is 0.496 e. The van der Waals surface area contributed by atoms with Crippen LogP contribution in [0.4, 0.5) is 5.82 Å². The fraction of sp³-hybridized carbons (Fsp3) is 0.304. The summed E-state index contributed by atoms with van der Waals surface area (Å²) in [6.07, 6.45) is 0. The van der Waals surface area contributed by atoms with Gasteiger partial charge in [-0.05, 0) is 55.5 Å². The zero-order valence-corrected chi connectivity index (χ0v) is 19.0. The van der Waals surface area contributed by atoms with Gasteiger partial charge in [0.15, 0.2) is 5.82 Å². The molecule has 8 nitrogen and oxygen atoms in total. The standard InChI is InChI=1S/C23H26N4O4S/c1-3-31-18-8-10-19(11-9-18)32(28,29)27-16-14-26(15-17-27)23-13-12-21(24-25-23)20-6-4-5-7-22(20)30-2/h4-13H,3,14-17H2,1-2H3. The van der Waals surface area contributed by atoms with Gasteiger partial charge in [0.2, 0.25) is 10.0 Å². The molecule has 2 heterocycles. The third kappa shape index (κ3) is 4.53. The molecule has 168 valence electrons. The van der Waals surface area contributed by atoms with Crippen molar-refractivity contribution < 1.29 is 17.9 Å². The summed E-state index contributed by atoms with van der Waals surface area (Å²) in [5.41, 5.74) is 1.60. The molecule has 0 unspecified atom stereocenters. The molecule has 0 N–H and O–H groups in total. The molecule has 9 heteroatoms. The number of anilines is 1. The third-order valence-corrected chi connectivity index (χ3v) is 7.28. The van der Waals surface area contributed by atoms with Crippen LogP contribution in [-0.4, -0.2) is 62.8 Å². The minimum Gasteiger partial charge on any atom is -0.496 e. The SMILES string of the molecule is CCOc1ccc(S(=O)(=O)N2CCN(c3ccc(-c4ccccc4OC)nn3)CC2)cc1. The third-order valence-electron chi connectivity index (χ3n) is 5.37. The zero-order valence-electron chi connectivity index (χ0n) is 18.1. The summed E-state index contributed by atoms with van der Waals surface area (Å²) < 4.78 is 38.3. The molecule has 4 rings (SSSR count). The molecule has 1 saturated heterocycles. The first-order valence-electron chi connectivity index (χ1n) is 10.5. The lowest BCUT2D eigenvalue weighted by Gasteiger charge is -2.34. The molecule has 1 aliphatic rings. The number of hydrogen-bond acceptors (Lipinski definition) is 7. The maximum Gasteiger partial charge on any atom is 0.243 e. The van der Waals surface area contributed by atoms with Crippen LogP contribution in [0.15, 0.2) is 65.6 Å². The molecule has 1 aliphatic heterocycles. The first kappa shape index (κ1) is 22.0. The summed E-state index contributed by atoms with van der Waals surface area (Å²) in [4.78, 5) is 2.32. The van der Waals surface area contributed by atoms with E-state index >= 15 is 0 Å². The highest BCUT2D eigenvalue weighted by molar-refractivity contribution is 7.89. The Bertz CT molecular complexity index is 1140. The molecule has 3 aromatic rings. The summed E-state index contributed by atoms with van der Waals surface area (Å²) >= 11 is 0. The molecule has 0 atom stereocenters. The van der Waals surface area contributed by atoms with E-state index in [0.717, 1.165) is 22.8 Å². The zero-order chi connectivity index (χ0) is 22.6. The lowest BCUT2D eigenvalue weighted by atomic mass is 10.1. The number of hydrogen-bond donors (Lipinski definition) is 0. The Morgan fingerprint density at radius 3 is 2.25 bits per heavy atom. The van der Waals surface area contributed by atoms with Gasteiger partial charge in [-0.1, -0.05) is 12.1 Å². The van der Waals surface area contributed by atoms with Crippen LogP contribution in [0.5, 0.6) is 11.5 Å². The average molecular weight is 455 g/mol. The molecule has 0 spiro atoms. The number of sulfonamides is 1. The smallest absolute Gasteiger partial charge is 0.243 e. The topological polar surface area (TPSA) is 84.9 Å². The van der Waals surface area contributed by atoms with Crippen LogP contribution in [0, 0.1) is 0 Å². The quantitative estimate of drug-likeness (QED) is 0.542. The highest BCUT2D eigenvalue weighted by Crippen LogP contribution is 2.28. The fourth-order valence-electron chi connectivity index (χ4n) is 3.67. The number of para-hydroxylation sites is 1. The molecule has 2 aromatic carbocycles. The van der Waals surface area contributed by atoms with Crippen LogP contribution in [0.2, 0.25) is 0 Å². The van der Waals surface area contributed by atoms with Gasteiger partial charge in [-0.3, -0.25) is 0 Å². The van der Waals surface area contributed by atoms with Crippen molar-refractivity contribution in [1.29, 1.82) is 0 Å². The lowest BCUT2D eigenvalue weighted by molar-refractivity contribution is 0.340. The van der Waals surface area contributed by atoms with E-state index in [4.69, 9.17) is 9.47 Å². The second kappa shape index (κ2) is 9.54. The van der Waals surface area contributed by atoms with Gasteiger partial charge in [0, 0.05) is 31.7 Å². The van der Waals surface area contributed by atoms with Gasteiger partial charge in [0.05, 0.1) is 24.3 Å². The minimum atomic E-state index is -3.55. The van der Waals surface area contributed by atoms with Gasteiger partial charge in [-0.25, -0.2) is 8.42 Å². The first-order chi connectivity index (χ1) is 15.5. The van der Waals surface area contributed by atoms with Crippen molar-refractivity contribution in [2.75, 3.05) is 44.8 Å². The van der Waals surface area contributed by atoms with Crippen molar-refractivity contribution >= 4 is 15.8 Å². The second-order valence-electron chi connectivity index (χ2n) is 7.27. The summed E-state index contributed by atoms with van der Waals surface area (Å²) in [6.45, 7) is 4.27. The first-order valence-corrected chi connectivity index (χ1v) is 11.9. The van der Waals surface area contributed by atoms with E-state index < -0.39 is 10.0 Å². The molecule has 32 heavy (non-hydrogen) atoms. The monoisotopic (exact) mass is 454 g/mol. The number of piperazine rings is 1. The average Bonchev–Trinajstić information content (AvgIpc) is 2.85. The summed E-state index contributed by atoms with van der Waals surface area (Å²) in [7, 11) is -1.92. The number of benzene rings is 2. The molecule has 0 aliphatic carbocycles. The molecular formula is C23H26N4O4S. The predicted octanol–water partition coefficient (Wildman–Crippen LogP) is 3.06. The molecule has 0 bridgehead atoms. The number of nitrogens with zero attached hydrogens (tertiary/aromatic N) is 4. The molecule has 0 radical (unpaired) electrons. The van der Waals surface area contributed by atoms with Gasteiger partial charge in [0.25, 0.3) is 0 Å². The van der Waals surface area contributed by atoms with E-state index in [0.29, 0.717) is 38.5 Å². The van der Waals surface area contributed by atoms with Crippen molar-refractivity contribution in [3.63, 3.8) is 0 Å². The highest BCUT2D eigenvalue weighted by atomic mass is 32.2. The van der Waals surface area contributed by atoms with Crippen LogP contribution < -0.4 is 14.4 Å². The number of aromatic nitrogens is 2. The normalized spacial score (nSPS) is 14.9. The number of methoxy groups -OCH3 is 1. The van der Waals surface area contributed by atoms with E-state index in [1.54, 1.807) is 31.4 Å². The molecule has 1 fully saturated rings. The minimum absolute atomic E-state index is 0.273. The van der Waals surface area contributed by atoms with Gasteiger partial charge < -0.3 is 14.4 Å².